The minimum absolute atomic E-state index is 0.0979. The van der Waals surface area contributed by atoms with E-state index in [4.69, 9.17) is 4.52 Å². The number of carbonyl (C=O) groups is 1. The van der Waals surface area contributed by atoms with Crippen molar-refractivity contribution in [3.63, 3.8) is 0 Å². The quantitative estimate of drug-likeness (QED) is 0.681. The van der Waals surface area contributed by atoms with Gasteiger partial charge in [-0.1, -0.05) is 5.16 Å². The number of piperidine rings is 1. The fraction of sp³-hybridized carbons (Fsp3) is 0.316. The molecule has 3 aromatic rings. The zero-order chi connectivity index (χ0) is 19.3. The Labute approximate surface area is 165 Å². The third kappa shape index (κ3) is 4.73. The number of nitrogens with zero attached hydrogens (tertiary/aromatic N) is 3. The summed E-state index contributed by atoms with van der Waals surface area (Å²) in [6.07, 6.45) is 1.67. The van der Waals surface area contributed by atoms with E-state index in [1.54, 1.807) is 11.3 Å². The summed E-state index contributed by atoms with van der Waals surface area (Å²) in [4.78, 5) is 18.8. The molecule has 0 spiro atoms. The summed E-state index contributed by atoms with van der Waals surface area (Å²) in [6, 6.07) is 7.49. The molecule has 0 atom stereocenters. The number of rotatable bonds is 5. The number of aromatic nitrogens is 2. The standard InChI is InChI=1S/C19H20FN5O2S/c20-14-1-3-15(4-2-14)21-19(26)22-16-5-8-25(9-6-16)11-17-23-18(24-27-17)13-7-10-28-12-13/h1-4,7,10,12,16H,5-6,8-9,11H2,(H2,21,22,26). The highest BCUT2D eigenvalue weighted by Crippen LogP contribution is 2.20. The van der Waals surface area contributed by atoms with Gasteiger partial charge in [0.25, 0.3) is 0 Å². The fourth-order valence-electron chi connectivity index (χ4n) is 3.14. The lowest BCUT2D eigenvalue weighted by Gasteiger charge is -2.31. The monoisotopic (exact) mass is 401 g/mol. The zero-order valence-electron chi connectivity index (χ0n) is 15.1. The first-order valence-corrected chi connectivity index (χ1v) is 10.0. The van der Waals surface area contributed by atoms with Crippen molar-refractivity contribution in [2.45, 2.75) is 25.4 Å². The van der Waals surface area contributed by atoms with Gasteiger partial charge in [-0.3, -0.25) is 4.90 Å². The molecule has 28 heavy (non-hydrogen) atoms. The van der Waals surface area contributed by atoms with E-state index in [0.717, 1.165) is 31.5 Å². The van der Waals surface area contributed by atoms with Crippen LogP contribution >= 0.6 is 11.3 Å². The third-order valence-corrected chi connectivity index (χ3v) is 5.31. The van der Waals surface area contributed by atoms with Gasteiger partial charge in [-0.15, -0.1) is 0 Å². The molecule has 4 rings (SSSR count). The second-order valence-corrected chi connectivity index (χ2v) is 7.46. The summed E-state index contributed by atoms with van der Waals surface area (Å²) in [5.41, 5.74) is 1.53. The molecule has 2 N–H and O–H groups in total. The van der Waals surface area contributed by atoms with Crippen LogP contribution in [-0.2, 0) is 6.54 Å². The average Bonchev–Trinajstić information content (AvgIpc) is 3.37. The lowest BCUT2D eigenvalue weighted by Crippen LogP contribution is -2.45. The SMILES string of the molecule is O=C(Nc1ccc(F)cc1)NC1CCN(Cc2nc(-c3ccsc3)no2)CC1. The maximum absolute atomic E-state index is 12.9. The van der Waals surface area contributed by atoms with Crippen LogP contribution in [0.2, 0.25) is 0 Å². The lowest BCUT2D eigenvalue weighted by atomic mass is 10.1. The van der Waals surface area contributed by atoms with Crippen LogP contribution in [0.1, 0.15) is 18.7 Å². The predicted octanol–water partition coefficient (Wildman–Crippen LogP) is 3.72. The molecule has 0 bridgehead atoms. The van der Waals surface area contributed by atoms with E-state index in [1.807, 2.05) is 16.8 Å². The number of anilines is 1. The van der Waals surface area contributed by atoms with Crippen LogP contribution in [0.4, 0.5) is 14.9 Å². The van der Waals surface area contributed by atoms with Gasteiger partial charge in [-0.2, -0.15) is 16.3 Å². The van der Waals surface area contributed by atoms with Crippen molar-refractivity contribution in [3.8, 4) is 11.4 Å². The van der Waals surface area contributed by atoms with Crippen LogP contribution in [-0.4, -0.2) is 40.2 Å². The molecule has 1 fully saturated rings. The molecule has 1 saturated heterocycles. The second-order valence-electron chi connectivity index (χ2n) is 6.68. The van der Waals surface area contributed by atoms with Crippen LogP contribution in [0.25, 0.3) is 11.4 Å². The van der Waals surface area contributed by atoms with Crippen molar-refractivity contribution in [2.75, 3.05) is 18.4 Å². The number of urea groups is 1. The van der Waals surface area contributed by atoms with E-state index < -0.39 is 0 Å². The van der Waals surface area contributed by atoms with Crippen molar-refractivity contribution < 1.29 is 13.7 Å². The number of halogens is 1. The summed E-state index contributed by atoms with van der Waals surface area (Å²) in [5.74, 6) is 0.883. The smallest absolute Gasteiger partial charge is 0.319 e. The normalized spacial score (nSPS) is 15.5. The van der Waals surface area contributed by atoms with Gasteiger partial charge >= 0.3 is 6.03 Å². The summed E-state index contributed by atoms with van der Waals surface area (Å²) in [6.45, 7) is 2.26. The predicted molar refractivity (Wildman–Crippen MR) is 104 cm³/mol. The molecule has 3 heterocycles. The molecular weight excluding hydrogens is 381 g/mol. The Balaban J connectivity index is 1.22. The molecule has 0 unspecified atom stereocenters. The summed E-state index contributed by atoms with van der Waals surface area (Å²) >= 11 is 1.60. The Morgan fingerprint density at radius 1 is 1.25 bits per heavy atom. The van der Waals surface area contributed by atoms with Gasteiger partial charge in [-0.25, -0.2) is 9.18 Å². The highest BCUT2D eigenvalue weighted by atomic mass is 32.1. The molecule has 2 amide bonds. The highest BCUT2D eigenvalue weighted by molar-refractivity contribution is 7.08. The summed E-state index contributed by atoms with van der Waals surface area (Å²) in [5, 5.41) is 13.7. The Morgan fingerprint density at radius 2 is 2.04 bits per heavy atom. The number of likely N-dealkylation sites (tertiary alicyclic amines) is 1. The number of hydrogen-bond acceptors (Lipinski definition) is 6. The molecule has 0 aliphatic carbocycles. The fourth-order valence-corrected chi connectivity index (χ4v) is 3.77. The van der Waals surface area contributed by atoms with E-state index in [2.05, 4.69) is 25.7 Å². The average molecular weight is 401 g/mol. The maximum Gasteiger partial charge on any atom is 0.319 e. The number of amides is 2. The van der Waals surface area contributed by atoms with Crippen LogP contribution in [0, 0.1) is 5.82 Å². The molecule has 0 saturated carbocycles. The lowest BCUT2D eigenvalue weighted by molar-refractivity contribution is 0.171. The number of benzene rings is 1. The topological polar surface area (TPSA) is 83.3 Å². The van der Waals surface area contributed by atoms with Crippen molar-refractivity contribution in [3.05, 3.63) is 52.8 Å². The van der Waals surface area contributed by atoms with Gasteiger partial charge in [0, 0.05) is 35.8 Å². The van der Waals surface area contributed by atoms with E-state index in [0.29, 0.717) is 23.9 Å². The summed E-state index contributed by atoms with van der Waals surface area (Å²) in [7, 11) is 0. The number of carbonyl (C=O) groups excluding carboxylic acids is 1. The Morgan fingerprint density at radius 3 is 2.75 bits per heavy atom. The molecule has 1 aliphatic heterocycles. The Hall–Kier alpha value is -2.78. The first-order valence-electron chi connectivity index (χ1n) is 9.06. The first-order chi connectivity index (χ1) is 13.7. The number of nitrogens with one attached hydrogen (secondary N) is 2. The number of thiophene rings is 1. The van der Waals surface area contributed by atoms with Gasteiger partial charge in [0.15, 0.2) is 0 Å². The van der Waals surface area contributed by atoms with E-state index in [-0.39, 0.29) is 17.9 Å². The Bertz CT molecular complexity index is 905. The van der Waals surface area contributed by atoms with Gasteiger partial charge < -0.3 is 15.2 Å². The van der Waals surface area contributed by atoms with Crippen molar-refractivity contribution in [1.29, 1.82) is 0 Å². The summed E-state index contributed by atoms with van der Waals surface area (Å²) < 4.78 is 18.3. The molecule has 1 aliphatic rings. The maximum atomic E-state index is 12.9. The number of hydrogen-bond donors (Lipinski definition) is 2. The van der Waals surface area contributed by atoms with Gasteiger partial charge in [0.1, 0.15) is 5.82 Å². The molecular formula is C19H20FN5O2S. The van der Waals surface area contributed by atoms with Gasteiger partial charge in [0.2, 0.25) is 11.7 Å². The van der Waals surface area contributed by atoms with Crippen LogP contribution in [0.15, 0.2) is 45.6 Å². The Kier molecular flexibility index (Phi) is 5.63. The van der Waals surface area contributed by atoms with Crippen LogP contribution in [0.3, 0.4) is 0 Å². The van der Waals surface area contributed by atoms with Crippen molar-refractivity contribution in [2.24, 2.45) is 0 Å². The van der Waals surface area contributed by atoms with Gasteiger partial charge in [0.05, 0.1) is 6.54 Å². The van der Waals surface area contributed by atoms with Crippen molar-refractivity contribution >= 4 is 23.1 Å². The van der Waals surface area contributed by atoms with E-state index >= 15 is 0 Å². The van der Waals surface area contributed by atoms with Gasteiger partial charge in [-0.05, 0) is 48.6 Å². The molecule has 1 aromatic carbocycles. The molecule has 0 radical (unpaired) electrons. The minimum atomic E-state index is -0.331. The molecule has 7 nitrogen and oxygen atoms in total. The van der Waals surface area contributed by atoms with Crippen LogP contribution in [0.5, 0.6) is 0 Å². The van der Waals surface area contributed by atoms with Crippen LogP contribution < -0.4 is 10.6 Å². The molecule has 9 heteroatoms. The highest BCUT2D eigenvalue weighted by Gasteiger charge is 2.22. The largest absolute Gasteiger partial charge is 0.338 e. The first kappa shape index (κ1) is 18.6. The molecule has 2 aromatic heterocycles. The van der Waals surface area contributed by atoms with E-state index in [1.165, 1.54) is 24.3 Å². The third-order valence-electron chi connectivity index (χ3n) is 4.63. The molecule has 146 valence electrons. The second kappa shape index (κ2) is 8.49. The van der Waals surface area contributed by atoms with E-state index in [9.17, 15) is 9.18 Å². The zero-order valence-corrected chi connectivity index (χ0v) is 15.9. The minimum Gasteiger partial charge on any atom is -0.338 e. The van der Waals surface area contributed by atoms with Crippen molar-refractivity contribution in [1.82, 2.24) is 20.4 Å².